The summed E-state index contributed by atoms with van der Waals surface area (Å²) in [7, 11) is 0. The molecule has 88 valence electrons. The monoisotopic (exact) mass is 218 g/mol. The van der Waals surface area contributed by atoms with Gasteiger partial charge >= 0.3 is 0 Å². The summed E-state index contributed by atoms with van der Waals surface area (Å²) < 4.78 is 0. The van der Waals surface area contributed by atoms with Crippen molar-refractivity contribution in [3.8, 4) is 0 Å². The first-order valence-electron chi connectivity index (χ1n) is 6.05. The van der Waals surface area contributed by atoms with Crippen LogP contribution in [0, 0.1) is 6.92 Å². The van der Waals surface area contributed by atoms with Crippen LogP contribution in [0.2, 0.25) is 0 Å². The average Bonchev–Trinajstić information content (AvgIpc) is 2.63. The minimum absolute atomic E-state index is 0.513. The van der Waals surface area contributed by atoms with E-state index in [1.165, 1.54) is 16.7 Å². The Morgan fingerprint density at radius 2 is 1.88 bits per heavy atom. The molecule has 16 heavy (non-hydrogen) atoms. The van der Waals surface area contributed by atoms with E-state index in [4.69, 9.17) is 5.73 Å². The highest BCUT2D eigenvalue weighted by Gasteiger charge is 2.18. The van der Waals surface area contributed by atoms with Gasteiger partial charge in [0.25, 0.3) is 0 Å². The summed E-state index contributed by atoms with van der Waals surface area (Å²) in [5, 5.41) is 0. The Labute approximate surface area is 98.6 Å². The van der Waals surface area contributed by atoms with E-state index in [9.17, 15) is 0 Å². The molecule has 0 aliphatic carbocycles. The Hall–Kier alpha value is -1.31. The highest BCUT2D eigenvalue weighted by atomic mass is 14.9. The van der Waals surface area contributed by atoms with Crippen molar-refractivity contribution in [3.63, 3.8) is 0 Å². The number of nitrogens with two attached hydrogens (primary N) is 1. The number of nitrogens with zero attached hydrogens (tertiary/aromatic N) is 1. The smallest absolute Gasteiger partial charge is 0.104 e. The molecule has 1 aromatic carbocycles. The molecule has 0 saturated heterocycles. The van der Waals surface area contributed by atoms with Gasteiger partial charge in [0.05, 0.1) is 5.69 Å². The summed E-state index contributed by atoms with van der Waals surface area (Å²) in [5.74, 6) is 1.26. The van der Waals surface area contributed by atoms with Gasteiger partial charge in [-0.2, -0.15) is 0 Å². The lowest BCUT2D eigenvalue weighted by molar-refractivity contribution is 0.865. The van der Waals surface area contributed by atoms with Crippen molar-refractivity contribution in [2.75, 3.05) is 0 Å². The summed E-state index contributed by atoms with van der Waals surface area (Å²) in [4.78, 5) is 4.43. The van der Waals surface area contributed by atoms with Crippen LogP contribution in [0.15, 0.2) is 17.1 Å². The Bertz CT molecular complexity index is 403. The number of aryl methyl sites for hydroxylation is 1. The van der Waals surface area contributed by atoms with E-state index in [-0.39, 0.29) is 0 Å². The third kappa shape index (κ3) is 2.26. The van der Waals surface area contributed by atoms with Crippen molar-refractivity contribution in [3.05, 3.63) is 28.8 Å². The van der Waals surface area contributed by atoms with E-state index in [1.807, 2.05) is 13.8 Å². The molecule has 0 bridgehead atoms. The van der Waals surface area contributed by atoms with Crippen molar-refractivity contribution in [2.24, 2.45) is 10.7 Å². The molecule has 1 aromatic rings. The van der Waals surface area contributed by atoms with E-state index in [1.54, 1.807) is 0 Å². The van der Waals surface area contributed by atoms with Crippen LogP contribution in [0.1, 0.15) is 50.3 Å². The number of aliphatic imine (C=N–C) groups is 1. The molecule has 0 aromatic heterocycles. The van der Waals surface area contributed by atoms with Crippen LogP contribution in [0.3, 0.4) is 0 Å². The molecule has 1 aliphatic heterocycles. The second-order valence-electron chi connectivity index (χ2n) is 4.23. The first kappa shape index (κ1) is 12.8. The zero-order chi connectivity index (χ0) is 12.3. The second kappa shape index (κ2) is 5.15. The molecule has 0 saturated carbocycles. The number of hydrogen-bond acceptors (Lipinski definition) is 2. The molecule has 0 unspecified atom stereocenters. The molecule has 0 spiro atoms. The first-order valence-corrected chi connectivity index (χ1v) is 6.05. The quantitative estimate of drug-likeness (QED) is 0.767. The van der Waals surface area contributed by atoms with Crippen molar-refractivity contribution in [2.45, 2.75) is 47.0 Å². The largest absolute Gasteiger partial charge is 0.387 e. The van der Waals surface area contributed by atoms with Gasteiger partial charge in [0.1, 0.15) is 5.84 Å². The van der Waals surface area contributed by atoms with Crippen LogP contribution in [0.4, 0.5) is 5.69 Å². The fraction of sp³-hybridized carbons (Fsp3) is 0.500. The number of rotatable bonds is 1. The molecule has 2 rings (SSSR count). The van der Waals surface area contributed by atoms with E-state index >= 15 is 0 Å². The Kier molecular flexibility index (Phi) is 4.11. The average molecular weight is 218 g/mol. The third-order valence-corrected chi connectivity index (χ3v) is 2.78. The zero-order valence-corrected chi connectivity index (χ0v) is 11.0. The van der Waals surface area contributed by atoms with Gasteiger partial charge in [-0.05, 0) is 29.5 Å². The number of benzene rings is 1. The maximum Gasteiger partial charge on any atom is 0.104 e. The molecule has 2 N–H and O–H groups in total. The van der Waals surface area contributed by atoms with Crippen LogP contribution in [0.25, 0.3) is 0 Å². The Balaban J connectivity index is 0.000000606. The topological polar surface area (TPSA) is 38.4 Å². The van der Waals surface area contributed by atoms with Gasteiger partial charge in [-0.3, -0.25) is 0 Å². The van der Waals surface area contributed by atoms with Gasteiger partial charge in [0.2, 0.25) is 0 Å². The maximum atomic E-state index is 5.77. The number of hydrogen-bond donors (Lipinski definition) is 1. The molecule has 2 heteroatoms. The summed E-state index contributed by atoms with van der Waals surface area (Å²) in [5.41, 5.74) is 10.8. The Morgan fingerprint density at radius 3 is 2.44 bits per heavy atom. The third-order valence-electron chi connectivity index (χ3n) is 2.78. The van der Waals surface area contributed by atoms with E-state index in [0.717, 1.165) is 17.9 Å². The Morgan fingerprint density at radius 1 is 1.25 bits per heavy atom. The molecule has 0 atom stereocenters. The SMILES string of the molecule is CC.Cc1ccc(C(C)C)c2c1CC(N)=N2. The molecule has 0 fully saturated rings. The molecule has 0 amide bonds. The number of fused-ring (bicyclic) bond motifs is 1. The van der Waals surface area contributed by atoms with Crippen LogP contribution in [-0.2, 0) is 6.42 Å². The second-order valence-corrected chi connectivity index (χ2v) is 4.23. The van der Waals surface area contributed by atoms with Crippen LogP contribution >= 0.6 is 0 Å². The van der Waals surface area contributed by atoms with Gasteiger partial charge in [-0.25, -0.2) is 4.99 Å². The first-order chi connectivity index (χ1) is 7.59. The molecule has 0 radical (unpaired) electrons. The van der Waals surface area contributed by atoms with E-state index in [0.29, 0.717) is 5.92 Å². The fourth-order valence-corrected chi connectivity index (χ4v) is 1.94. The van der Waals surface area contributed by atoms with Crippen molar-refractivity contribution >= 4 is 11.5 Å². The van der Waals surface area contributed by atoms with Gasteiger partial charge in [0.15, 0.2) is 0 Å². The maximum absolute atomic E-state index is 5.77. The van der Waals surface area contributed by atoms with Crippen LogP contribution in [0.5, 0.6) is 0 Å². The van der Waals surface area contributed by atoms with Crippen molar-refractivity contribution in [1.82, 2.24) is 0 Å². The molecule has 1 heterocycles. The van der Waals surface area contributed by atoms with Crippen LogP contribution in [-0.4, -0.2) is 5.84 Å². The lowest BCUT2D eigenvalue weighted by Gasteiger charge is -2.11. The lowest BCUT2D eigenvalue weighted by atomic mass is 9.95. The molecule has 1 aliphatic rings. The summed E-state index contributed by atoms with van der Waals surface area (Å²) >= 11 is 0. The fourth-order valence-electron chi connectivity index (χ4n) is 1.94. The predicted molar refractivity (Wildman–Crippen MR) is 71.6 cm³/mol. The molecular weight excluding hydrogens is 196 g/mol. The minimum atomic E-state index is 0.513. The van der Waals surface area contributed by atoms with E-state index < -0.39 is 0 Å². The van der Waals surface area contributed by atoms with Crippen molar-refractivity contribution < 1.29 is 0 Å². The summed E-state index contributed by atoms with van der Waals surface area (Å²) in [6, 6.07) is 4.34. The minimum Gasteiger partial charge on any atom is -0.387 e. The highest BCUT2D eigenvalue weighted by molar-refractivity contribution is 5.92. The highest BCUT2D eigenvalue weighted by Crippen LogP contribution is 2.36. The number of amidine groups is 1. The van der Waals surface area contributed by atoms with Crippen LogP contribution < -0.4 is 5.73 Å². The predicted octanol–water partition coefficient (Wildman–Crippen LogP) is 3.69. The lowest BCUT2D eigenvalue weighted by Crippen LogP contribution is -2.10. The summed E-state index contributed by atoms with van der Waals surface area (Å²) in [6.45, 7) is 10.5. The standard InChI is InChI=1S/C12H16N2.C2H6/c1-7(2)9-5-4-8(3)10-6-11(13)14-12(9)10;1-2/h4-5,7H,6H2,1-3H3,(H2,13,14);1-2H3. The molecular formula is C14H22N2. The summed E-state index contributed by atoms with van der Waals surface area (Å²) in [6.07, 6.45) is 0.821. The van der Waals surface area contributed by atoms with Gasteiger partial charge in [-0.1, -0.05) is 39.8 Å². The van der Waals surface area contributed by atoms with Gasteiger partial charge in [-0.15, -0.1) is 0 Å². The van der Waals surface area contributed by atoms with E-state index in [2.05, 4.69) is 37.9 Å². The van der Waals surface area contributed by atoms with Gasteiger partial charge < -0.3 is 5.73 Å². The van der Waals surface area contributed by atoms with Gasteiger partial charge in [0, 0.05) is 6.42 Å². The molecule has 2 nitrogen and oxygen atoms in total. The van der Waals surface area contributed by atoms with Crippen molar-refractivity contribution in [1.29, 1.82) is 0 Å². The zero-order valence-electron chi connectivity index (χ0n) is 11.0. The normalized spacial score (nSPS) is 13.0.